The Kier molecular flexibility index (Phi) is 5.17. The SMILES string of the molecule is CC(=O)CCO[C@H]1CC[C@H](O)[C@@H](CO)O1. The van der Waals surface area contributed by atoms with Gasteiger partial charge in [0.15, 0.2) is 6.29 Å². The smallest absolute Gasteiger partial charge is 0.158 e. The Morgan fingerprint density at radius 1 is 1.53 bits per heavy atom. The molecule has 1 aliphatic heterocycles. The van der Waals surface area contributed by atoms with Gasteiger partial charge in [0.2, 0.25) is 0 Å². The molecule has 3 atom stereocenters. The van der Waals surface area contributed by atoms with Crippen molar-refractivity contribution < 1.29 is 24.5 Å². The second-order valence-corrected chi connectivity index (χ2v) is 3.75. The number of rotatable bonds is 5. The van der Waals surface area contributed by atoms with Gasteiger partial charge >= 0.3 is 0 Å². The predicted octanol–water partition coefficient (Wildman–Crippen LogP) is -0.160. The average molecular weight is 218 g/mol. The first-order valence-corrected chi connectivity index (χ1v) is 5.19. The van der Waals surface area contributed by atoms with Crippen molar-refractivity contribution >= 4 is 5.78 Å². The number of hydrogen-bond acceptors (Lipinski definition) is 5. The number of Topliss-reactive ketones (excluding diaryl/α,β-unsaturated/α-hetero) is 1. The van der Waals surface area contributed by atoms with Crippen molar-refractivity contribution in [3.8, 4) is 0 Å². The van der Waals surface area contributed by atoms with E-state index < -0.39 is 18.5 Å². The second-order valence-electron chi connectivity index (χ2n) is 3.75. The Morgan fingerprint density at radius 3 is 2.87 bits per heavy atom. The Balaban J connectivity index is 2.23. The third-order valence-corrected chi connectivity index (χ3v) is 2.39. The van der Waals surface area contributed by atoms with Gasteiger partial charge in [-0.15, -0.1) is 0 Å². The van der Waals surface area contributed by atoms with E-state index in [2.05, 4.69) is 0 Å². The fourth-order valence-corrected chi connectivity index (χ4v) is 1.47. The monoisotopic (exact) mass is 218 g/mol. The first-order valence-electron chi connectivity index (χ1n) is 5.19. The first-order chi connectivity index (χ1) is 7.13. The van der Waals surface area contributed by atoms with E-state index in [-0.39, 0.29) is 12.4 Å². The van der Waals surface area contributed by atoms with Gasteiger partial charge in [0, 0.05) is 12.8 Å². The summed E-state index contributed by atoms with van der Waals surface area (Å²) in [6.45, 7) is 1.62. The largest absolute Gasteiger partial charge is 0.394 e. The van der Waals surface area contributed by atoms with Gasteiger partial charge in [-0.2, -0.15) is 0 Å². The first kappa shape index (κ1) is 12.6. The lowest BCUT2D eigenvalue weighted by molar-refractivity contribution is -0.229. The standard InChI is InChI=1S/C10H18O5/c1-7(12)4-5-14-10-3-2-8(13)9(6-11)15-10/h8-11,13H,2-6H2,1H3/t8-,9+,10+/m0/s1. The number of ether oxygens (including phenoxy) is 2. The van der Waals surface area contributed by atoms with Crippen LogP contribution in [0.1, 0.15) is 26.2 Å². The molecule has 5 heteroatoms. The minimum Gasteiger partial charge on any atom is -0.394 e. The topological polar surface area (TPSA) is 76.0 Å². The zero-order valence-electron chi connectivity index (χ0n) is 8.89. The molecular weight excluding hydrogens is 200 g/mol. The van der Waals surface area contributed by atoms with Crippen LogP contribution in [-0.4, -0.2) is 47.7 Å². The highest BCUT2D eigenvalue weighted by Gasteiger charge is 2.29. The minimum absolute atomic E-state index is 0.0737. The summed E-state index contributed by atoms with van der Waals surface area (Å²) >= 11 is 0. The zero-order chi connectivity index (χ0) is 11.3. The maximum absolute atomic E-state index is 10.7. The number of aliphatic hydroxyl groups is 2. The molecule has 0 unspecified atom stereocenters. The normalized spacial score (nSPS) is 31.5. The predicted molar refractivity (Wildman–Crippen MR) is 52.2 cm³/mol. The summed E-state index contributed by atoms with van der Waals surface area (Å²) < 4.78 is 10.6. The Bertz CT molecular complexity index is 206. The molecule has 0 bridgehead atoms. The van der Waals surface area contributed by atoms with Crippen LogP contribution in [0.3, 0.4) is 0 Å². The number of carbonyl (C=O) groups is 1. The van der Waals surface area contributed by atoms with E-state index in [1.54, 1.807) is 0 Å². The molecule has 5 nitrogen and oxygen atoms in total. The highest BCUT2D eigenvalue weighted by atomic mass is 16.7. The summed E-state index contributed by atoms with van der Waals surface area (Å²) in [7, 11) is 0. The van der Waals surface area contributed by atoms with Crippen LogP contribution >= 0.6 is 0 Å². The maximum atomic E-state index is 10.7. The zero-order valence-corrected chi connectivity index (χ0v) is 8.89. The summed E-state index contributed by atoms with van der Waals surface area (Å²) in [6.07, 6.45) is -0.0915. The molecular formula is C10H18O5. The van der Waals surface area contributed by atoms with Crippen molar-refractivity contribution in [2.45, 2.75) is 44.7 Å². The van der Waals surface area contributed by atoms with E-state index in [0.29, 0.717) is 25.9 Å². The summed E-state index contributed by atoms with van der Waals surface area (Å²) in [5, 5.41) is 18.3. The van der Waals surface area contributed by atoms with Crippen LogP contribution in [0.25, 0.3) is 0 Å². The van der Waals surface area contributed by atoms with E-state index in [4.69, 9.17) is 14.6 Å². The molecule has 88 valence electrons. The second kappa shape index (κ2) is 6.17. The van der Waals surface area contributed by atoms with Gasteiger partial charge in [0.05, 0.1) is 19.3 Å². The number of carbonyl (C=O) groups excluding carboxylic acids is 1. The molecule has 1 saturated heterocycles. The van der Waals surface area contributed by atoms with E-state index in [1.807, 2.05) is 0 Å². The van der Waals surface area contributed by atoms with Gasteiger partial charge in [0.25, 0.3) is 0 Å². The molecule has 0 aliphatic carbocycles. The Labute approximate surface area is 89.0 Å². The Hall–Kier alpha value is -0.490. The molecule has 0 aromatic heterocycles. The molecule has 0 aromatic carbocycles. The highest BCUT2D eigenvalue weighted by molar-refractivity contribution is 5.75. The molecule has 2 N–H and O–H groups in total. The van der Waals surface area contributed by atoms with Crippen molar-refractivity contribution in [1.29, 1.82) is 0 Å². The van der Waals surface area contributed by atoms with Gasteiger partial charge in [-0.05, 0) is 13.3 Å². The Morgan fingerprint density at radius 2 is 2.27 bits per heavy atom. The van der Waals surface area contributed by atoms with Crippen LogP contribution in [0.4, 0.5) is 0 Å². The van der Waals surface area contributed by atoms with E-state index in [0.717, 1.165) is 0 Å². The lowest BCUT2D eigenvalue weighted by Crippen LogP contribution is -2.42. The minimum atomic E-state index is -0.623. The fourth-order valence-electron chi connectivity index (χ4n) is 1.47. The van der Waals surface area contributed by atoms with Gasteiger partial charge in [-0.25, -0.2) is 0 Å². The molecule has 1 rings (SSSR count). The van der Waals surface area contributed by atoms with E-state index >= 15 is 0 Å². The lowest BCUT2D eigenvalue weighted by Gasteiger charge is -2.32. The van der Waals surface area contributed by atoms with Crippen molar-refractivity contribution in [1.82, 2.24) is 0 Å². The van der Waals surface area contributed by atoms with Crippen LogP contribution in [-0.2, 0) is 14.3 Å². The molecule has 0 saturated carbocycles. The van der Waals surface area contributed by atoms with Crippen LogP contribution in [0.2, 0.25) is 0 Å². The summed E-state index contributed by atoms with van der Waals surface area (Å²) in [5.74, 6) is 0.0737. The summed E-state index contributed by atoms with van der Waals surface area (Å²) in [4.78, 5) is 10.7. The molecule has 1 aliphatic rings. The van der Waals surface area contributed by atoms with Crippen molar-refractivity contribution in [3.05, 3.63) is 0 Å². The fraction of sp³-hybridized carbons (Fsp3) is 0.900. The molecule has 0 spiro atoms. The number of ketones is 1. The van der Waals surface area contributed by atoms with Crippen molar-refractivity contribution in [3.63, 3.8) is 0 Å². The van der Waals surface area contributed by atoms with E-state index in [9.17, 15) is 9.90 Å². The average Bonchev–Trinajstić information content (AvgIpc) is 2.20. The van der Waals surface area contributed by atoms with Gasteiger partial charge in [0.1, 0.15) is 11.9 Å². The highest BCUT2D eigenvalue weighted by Crippen LogP contribution is 2.20. The molecule has 0 radical (unpaired) electrons. The molecule has 1 heterocycles. The van der Waals surface area contributed by atoms with Gasteiger partial charge in [-0.1, -0.05) is 0 Å². The van der Waals surface area contributed by atoms with Gasteiger partial charge in [-0.3, -0.25) is 4.79 Å². The number of hydrogen-bond donors (Lipinski definition) is 2. The van der Waals surface area contributed by atoms with E-state index in [1.165, 1.54) is 6.92 Å². The number of aliphatic hydroxyl groups excluding tert-OH is 2. The van der Waals surface area contributed by atoms with Crippen LogP contribution < -0.4 is 0 Å². The molecule has 0 amide bonds. The molecule has 1 fully saturated rings. The van der Waals surface area contributed by atoms with Gasteiger partial charge < -0.3 is 19.7 Å². The van der Waals surface area contributed by atoms with Crippen molar-refractivity contribution in [2.24, 2.45) is 0 Å². The van der Waals surface area contributed by atoms with Crippen LogP contribution in [0.15, 0.2) is 0 Å². The lowest BCUT2D eigenvalue weighted by atomic mass is 10.1. The summed E-state index contributed by atoms with van der Waals surface area (Å²) in [6, 6.07) is 0. The summed E-state index contributed by atoms with van der Waals surface area (Å²) in [5.41, 5.74) is 0. The van der Waals surface area contributed by atoms with Crippen LogP contribution in [0.5, 0.6) is 0 Å². The molecule has 15 heavy (non-hydrogen) atoms. The third kappa shape index (κ3) is 4.25. The van der Waals surface area contributed by atoms with Crippen molar-refractivity contribution in [2.75, 3.05) is 13.2 Å². The third-order valence-electron chi connectivity index (χ3n) is 2.39. The molecule has 0 aromatic rings. The maximum Gasteiger partial charge on any atom is 0.158 e. The quantitative estimate of drug-likeness (QED) is 0.670. The van der Waals surface area contributed by atoms with Crippen LogP contribution in [0, 0.1) is 0 Å².